The van der Waals surface area contributed by atoms with E-state index in [9.17, 15) is 8.42 Å². The second-order valence-corrected chi connectivity index (χ2v) is 7.66. The molecule has 1 N–H and O–H groups in total. The van der Waals surface area contributed by atoms with E-state index in [0.717, 1.165) is 17.1 Å². The van der Waals surface area contributed by atoms with E-state index >= 15 is 0 Å². The summed E-state index contributed by atoms with van der Waals surface area (Å²) in [4.78, 5) is 2.14. The van der Waals surface area contributed by atoms with Crippen molar-refractivity contribution in [1.29, 1.82) is 0 Å². The van der Waals surface area contributed by atoms with Crippen molar-refractivity contribution in [3.05, 3.63) is 40.9 Å². The first-order chi connectivity index (χ1) is 10.9. The van der Waals surface area contributed by atoms with Gasteiger partial charge >= 0.3 is 0 Å². The van der Waals surface area contributed by atoms with Crippen LogP contribution in [0.4, 0.5) is 11.4 Å². The summed E-state index contributed by atoms with van der Waals surface area (Å²) in [5, 5.41) is 0. The second-order valence-electron chi connectivity index (χ2n) is 4.92. The number of sulfonamides is 1. The quantitative estimate of drug-likeness (QED) is 0.857. The summed E-state index contributed by atoms with van der Waals surface area (Å²) in [5.41, 5.74) is 1.73. The number of nitrogens with zero attached hydrogens (tertiary/aromatic N) is 1. The molecule has 0 saturated heterocycles. The largest absolute Gasteiger partial charge is 0.454 e. The van der Waals surface area contributed by atoms with Crippen LogP contribution in [0.1, 0.15) is 0 Å². The van der Waals surface area contributed by atoms with Gasteiger partial charge in [-0.2, -0.15) is 0 Å². The fourth-order valence-corrected chi connectivity index (χ4v) is 3.83. The third-order valence-corrected chi connectivity index (χ3v) is 5.65. The molecule has 0 aliphatic carbocycles. The van der Waals surface area contributed by atoms with Crippen molar-refractivity contribution in [3.63, 3.8) is 0 Å². The molecule has 0 bridgehead atoms. The topological polar surface area (TPSA) is 67.9 Å². The van der Waals surface area contributed by atoms with E-state index in [-0.39, 0.29) is 11.7 Å². The molecule has 0 atom stereocenters. The van der Waals surface area contributed by atoms with Crippen LogP contribution in [0.5, 0.6) is 11.5 Å². The van der Waals surface area contributed by atoms with Gasteiger partial charge in [-0.15, -0.1) is 0 Å². The van der Waals surface area contributed by atoms with Crippen molar-refractivity contribution in [1.82, 2.24) is 4.72 Å². The maximum Gasteiger partial charge on any atom is 0.240 e. The van der Waals surface area contributed by atoms with E-state index in [2.05, 4.69) is 20.7 Å². The molecule has 0 radical (unpaired) electrons. The van der Waals surface area contributed by atoms with Crippen LogP contribution in [0.15, 0.2) is 45.8 Å². The van der Waals surface area contributed by atoms with Crippen LogP contribution >= 0.6 is 15.9 Å². The number of hydrogen-bond acceptors (Lipinski definition) is 5. The van der Waals surface area contributed by atoms with Gasteiger partial charge in [0.25, 0.3) is 0 Å². The van der Waals surface area contributed by atoms with Crippen LogP contribution < -0.4 is 19.1 Å². The minimum absolute atomic E-state index is 0.203. The van der Waals surface area contributed by atoms with Crippen molar-refractivity contribution < 1.29 is 17.9 Å². The molecule has 1 aliphatic rings. The fourth-order valence-electron chi connectivity index (χ4n) is 2.28. The van der Waals surface area contributed by atoms with Gasteiger partial charge in [0.05, 0.1) is 10.6 Å². The Morgan fingerprint density at radius 3 is 2.57 bits per heavy atom. The van der Waals surface area contributed by atoms with Crippen molar-refractivity contribution >= 4 is 37.3 Å². The molecule has 2 aromatic carbocycles. The Hall–Kier alpha value is -1.77. The highest BCUT2D eigenvalue weighted by atomic mass is 79.9. The van der Waals surface area contributed by atoms with Crippen LogP contribution in [0.3, 0.4) is 0 Å². The Morgan fingerprint density at radius 2 is 1.87 bits per heavy atom. The molecule has 6 nitrogen and oxygen atoms in total. The molecule has 0 amide bonds. The van der Waals surface area contributed by atoms with Crippen LogP contribution in [0, 0.1) is 0 Å². The molecule has 8 heteroatoms. The van der Waals surface area contributed by atoms with Crippen LogP contribution in [0.2, 0.25) is 0 Å². The van der Waals surface area contributed by atoms with Gasteiger partial charge in [0.2, 0.25) is 16.8 Å². The van der Waals surface area contributed by atoms with Gasteiger partial charge in [0.1, 0.15) is 0 Å². The van der Waals surface area contributed by atoms with Crippen LogP contribution in [-0.4, -0.2) is 29.3 Å². The van der Waals surface area contributed by atoms with E-state index in [1.807, 2.05) is 30.1 Å². The van der Waals surface area contributed by atoms with Gasteiger partial charge < -0.3 is 14.4 Å². The molecule has 1 aliphatic heterocycles. The average molecular weight is 399 g/mol. The number of fused-ring (bicyclic) bond motifs is 1. The van der Waals surface area contributed by atoms with Gasteiger partial charge in [0.15, 0.2) is 11.5 Å². The summed E-state index contributed by atoms with van der Waals surface area (Å²) in [6.45, 7) is 0.225. The minimum Gasteiger partial charge on any atom is -0.454 e. The van der Waals surface area contributed by atoms with Gasteiger partial charge in [0, 0.05) is 23.3 Å². The summed E-state index contributed by atoms with van der Waals surface area (Å²) in [6, 6.07) is 10.5. The standard InChI is InChI=1S/C15H15BrN2O4S/c1-17-23(19,20)11-4-5-13(12(16)8-11)18(2)10-3-6-14-15(7-10)22-9-21-14/h3-8,17H,9H2,1-2H3. The molecule has 0 saturated carbocycles. The predicted molar refractivity (Wildman–Crippen MR) is 91.0 cm³/mol. The molecule has 0 aromatic heterocycles. The van der Waals surface area contributed by atoms with Gasteiger partial charge in [-0.3, -0.25) is 0 Å². The number of hydrogen-bond donors (Lipinski definition) is 1. The molecule has 122 valence electrons. The third kappa shape index (κ3) is 3.01. The summed E-state index contributed by atoms with van der Waals surface area (Å²) >= 11 is 3.44. The van der Waals surface area contributed by atoms with E-state index in [1.165, 1.54) is 7.05 Å². The van der Waals surface area contributed by atoms with Crippen molar-refractivity contribution in [2.75, 3.05) is 25.8 Å². The monoisotopic (exact) mass is 398 g/mol. The molecule has 2 aromatic rings. The maximum absolute atomic E-state index is 11.9. The lowest BCUT2D eigenvalue weighted by Crippen LogP contribution is -2.19. The minimum atomic E-state index is -3.47. The molecular weight excluding hydrogens is 384 g/mol. The number of halogens is 1. The normalized spacial score (nSPS) is 13.2. The van der Waals surface area contributed by atoms with Crippen LogP contribution in [-0.2, 0) is 10.0 Å². The SMILES string of the molecule is CNS(=O)(=O)c1ccc(N(C)c2ccc3c(c2)OCO3)c(Br)c1. The Bertz CT molecular complexity index is 855. The van der Waals surface area contributed by atoms with Gasteiger partial charge in [-0.25, -0.2) is 13.1 Å². The highest BCUT2D eigenvalue weighted by molar-refractivity contribution is 9.10. The average Bonchev–Trinajstić information content (AvgIpc) is 3.01. The highest BCUT2D eigenvalue weighted by Gasteiger charge is 2.18. The van der Waals surface area contributed by atoms with Crippen molar-refractivity contribution in [2.45, 2.75) is 4.90 Å². The van der Waals surface area contributed by atoms with Crippen LogP contribution in [0.25, 0.3) is 0 Å². The van der Waals surface area contributed by atoms with E-state index in [4.69, 9.17) is 9.47 Å². The lowest BCUT2D eigenvalue weighted by atomic mass is 10.2. The highest BCUT2D eigenvalue weighted by Crippen LogP contribution is 2.38. The van der Waals surface area contributed by atoms with E-state index < -0.39 is 10.0 Å². The zero-order valence-electron chi connectivity index (χ0n) is 12.5. The first kappa shape index (κ1) is 16.1. The van der Waals surface area contributed by atoms with E-state index in [1.54, 1.807) is 18.2 Å². The first-order valence-corrected chi connectivity index (χ1v) is 9.06. The second kappa shape index (κ2) is 6.03. The van der Waals surface area contributed by atoms with Crippen molar-refractivity contribution in [3.8, 4) is 11.5 Å². The summed E-state index contributed by atoms with van der Waals surface area (Å²) < 4.78 is 37.4. The lowest BCUT2D eigenvalue weighted by Gasteiger charge is -2.21. The zero-order valence-corrected chi connectivity index (χ0v) is 14.9. The van der Waals surface area contributed by atoms with Gasteiger partial charge in [-0.1, -0.05) is 0 Å². The Kier molecular flexibility index (Phi) is 4.22. The molecular formula is C15H15BrN2O4S. The molecule has 1 heterocycles. The molecule has 0 unspecified atom stereocenters. The summed E-state index contributed by atoms with van der Waals surface area (Å²) in [5.74, 6) is 1.41. The molecule has 0 spiro atoms. The Morgan fingerprint density at radius 1 is 1.13 bits per heavy atom. The lowest BCUT2D eigenvalue weighted by molar-refractivity contribution is 0.174. The number of ether oxygens (including phenoxy) is 2. The molecule has 23 heavy (non-hydrogen) atoms. The Labute approximate surface area is 143 Å². The molecule has 3 rings (SSSR count). The predicted octanol–water partition coefficient (Wildman–Crippen LogP) is 2.85. The third-order valence-electron chi connectivity index (χ3n) is 3.60. The smallest absolute Gasteiger partial charge is 0.240 e. The van der Waals surface area contributed by atoms with E-state index in [0.29, 0.717) is 10.2 Å². The fraction of sp³-hybridized carbons (Fsp3) is 0.200. The zero-order chi connectivity index (χ0) is 16.6. The number of anilines is 2. The molecule has 0 fully saturated rings. The Balaban J connectivity index is 1.95. The van der Waals surface area contributed by atoms with Gasteiger partial charge in [-0.05, 0) is 53.3 Å². The first-order valence-electron chi connectivity index (χ1n) is 6.79. The number of benzene rings is 2. The summed E-state index contributed by atoms with van der Waals surface area (Å²) in [7, 11) is -0.193. The maximum atomic E-state index is 11.9. The summed E-state index contributed by atoms with van der Waals surface area (Å²) in [6.07, 6.45) is 0. The number of nitrogens with one attached hydrogen (secondary N) is 1. The van der Waals surface area contributed by atoms with Crippen molar-refractivity contribution in [2.24, 2.45) is 0 Å². The number of rotatable bonds is 4.